The summed E-state index contributed by atoms with van der Waals surface area (Å²) in [5, 5.41) is 0. The molecule has 1 atom stereocenters. The van der Waals surface area contributed by atoms with E-state index in [-0.39, 0.29) is 6.04 Å². The molecule has 0 saturated heterocycles. The van der Waals surface area contributed by atoms with Crippen molar-refractivity contribution in [2.75, 3.05) is 11.9 Å². The lowest BCUT2D eigenvalue weighted by molar-refractivity contribution is 0.805. The molecule has 0 radical (unpaired) electrons. The van der Waals surface area contributed by atoms with Crippen LogP contribution in [0.5, 0.6) is 0 Å². The first-order valence-corrected chi connectivity index (χ1v) is 7.29. The van der Waals surface area contributed by atoms with Crippen molar-refractivity contribution in [2.45, 2.75) is 6.04 Å². The van der Waals surface area contributed by atoms with Crippen LogP contribution in [0.1, 0.15) is 17.2 Å². The van der Waals surface area contributed by atoms with E-state index in [1.54, 1.807) is 0 Å². The summed E-state index contributed by atoms with van der Waals surface area (Å²) >= 11 is 1.27. The lowest BCUT2D eigenvalue weighted by Gasteiger charge is -2.32. The van der Waals surface area contributed by atoms with Crippen molar-refractivity contribution in [3.8, 4) is 0 Å². The Bertz CT molecular complexity index is 792. The molecule has 2 heterocycles. The van der Waals surface area contributed by atoms with Crippen LogP contribution in [0.25, 0.3) is 17.1 Å². The first-order valence-electron chi connectivity index (χ1n) is 6.56. The molecule has 2 aromatic carbocycles. The van der Waals surface area contributed by atoms with Crippen LogP contribution in [0, 0.1) is 0 Å². The van der Waals surface area contributed by atoms with E-state index < -0.39 is 0 Å². The van der Waals surface area contributed by atoms with Gasteiger partial charge >= 0.3 is 0 Å². The van der Waals surface area contributed by atoms with E-state index in [9.17, 15) is 0 Å². The van der Waals surface area contributed by atoms with E-state index in [0.717, 1.165) is 11.0 Å². The van der Waals surface area contributed by atoms with Crippen molar-refractivity contribution in [3.05, 3.63) is 59.7 Å². The number of hydrogen-bond acceptors (Lipinski definition) is 4. The van der Waals surface area contributed by atoms with Gasteiger partial charge in [-0.2, -0.15) is 8.75 Å². The summed E-state index contributed by atoms with van der Waals surface area (Å²) in [4.78, 5) is 2.30. The van der Waals surface area contributed by atoms with Gasteiger partial charge in [0.15, 0.2) is 0 Å². The molecule has 0 spiro atoms. The van der Waals surface area contributed by atoms with Gasteiger partial charge in [0, 0.05) is 18.3 Å². The minimum absolute atomic E-state index is 0.271. The molecule has 3 nitrogen and oxygen atoms in total. The summed E-state index contributed by atoms with van der Waals surface area (Å²) in [6.07, 6.45) is 4.41. The summed E-state index contributed by atoms with van der Waals surface area (Å²) in [5.74, 6) is 0. The Balaban J connectivity index is 1.86. The molecule has 98 valence electrons. The molecule has 0 amide bonds. The average Bonchev–Trinajstić information content (AvgIpc) is 2.97. The van der Waals surface area contributed by atoms with Gasteiger partial charge in [-0.3, -0.25) is 0 Å². The summed E-state index contributed by atoms with van der Waals surface area (Å²) < 4.78 is 8.72. The van der Waals surface area contributed by atoms with Crippen LogP contribution in [-0.4, -0.2) is 15.8 Å². The predicted molar refractivity (Wildman–Crippen MR) is 84.0 cm³/mol. The molecular formula is C16H13N3S. The Kier molecular flexibility index (Phi) is 2.57. The highest BCUT2D eigenvalue weighted by atomic mass is 32.1. The van der Waals surface area contributed by atoms with Gasteiger partial charge in [0.2, 0.25) is 0 Å². The molecule has 1 unspecified atom stereocenters. The molecule has 4 heteroatoms. The van der Waals surface area contributed by atoms with Crippen LogP contribution in [0.4, 0.5) is 5.69 Å². The molecular weight excluding hydrogens is 266 g/mol. The quantitative estimate of drug-likeness (QED) is 0.676. The predicted octanol–water partition coefficient (Wildman–Crippen LogP) is 3.90. The standard InChI is InChI=1S/C16H13N3S/c1-19-14(11-5-3-2-4-6-11)9-7-12-15(19)10-8-13-16(12)18-20-17-13/h2-10,14H,1H3. The third-order valence-corrected chi connectivity index (χ3v) is 4.37. The molecule has 0 fully saturated rings. The van der Waals surface area contributed by atoms with Crippen LogP contribution in [0.2, 0.25) is 0 Å². The number of hydrogen-bond donors (Lipinski definition) is 0. The van der Waals surface area contributed by atoms with E-state index in [2.05, 4.69) is 75.3 Å². The fraction of sp³-hybridized carbons (Fsp3) is 0.125. The van der Waals surface area contributed by atoms with Crippen LogP contribution in [0.3, 0.4) is 0 Å². The smallest absolute Gasteiger partial charge is 0.114 e. The third kappa shape index (κ3) is 1.65. The molecule has 1 aliphatic heterocycles. The Morgan fingerprint density at radius 1 is 1.05 bits per heavy atom. The molecule has 0 saturated carbocycles. The molecule has 1 aromatic heterocycles. The van der Waals surface area contributed by atoms with Gasteiger partial charge in [0.1, 0.15) is 11.0 Å². The van der Waals surface area contributed by atoms with Gasteiger partial charge in [-0.15, -0.1) is 0 Å². The highest BCUT2D eigenvalue weighted by molar-refractivity contribution is 7.00. The molecule has 3 aromatic rings. The Hall–Kier alpha value is -2.20. The second-order valence-corrected chi connectivity index (χ2v) is 5.48. The second kappa shape index (κ2) is 4.42. The van der Waals surface area contributed by atoms with Gasteiger partial charge in [0.25, 0.3) is 0 Å². The summed E-state index contributed by atoms with van der Waals surface area (Å²) in [7, 11) is 2.13. The maximum absolute atomic E-state index is 4.42. The molecule has 0 N–H and O–H groups in total. The van der Waals surface area contributed by atoms with Crippen molar-refractivity contribution < 1.29 is 0 Å². The van der Waals surface area contributed by atoms with Crippen molar-refractivity contribution in [2.24, 2.45) is 0 Å². The Morgan fingerprint density at radius 2 is 1.90 bits per heavy atom. The topological polar surface area (TPSA) is 29.0 Å². The van der Waals surface area contributed by atoms with Crippen LogP contribution in [0.15, 0.2) is 48.5 Å². The van der Waals surface area contributed by atoms with Gasteiger partial charge in [-0.1, -0.05) is 42.5 Å². The number of fused-ring (bicyclic) bond motifs is 3. The van der Waals surface area contributed by atoms with Crippen molar-refractivity contribution in [1.29, 1.82) is 0 Å². The van der Waals surface area contributed by atoms with E-state index in [1.165, 1.54) is 28.5 Å². The van der Waals surface area contributed by atoms with Gasteiger partial charge in [-0.25, -0.2) is 0 Å². The van der Waals surface area contributed by atoms with E-state index in [1.807, 2.05) is 0 Å². The summed E-state index contributed by atoms with van der Waals surface area (Å²) in [5.41, 5.74) is 5.66. The second-order valence-electron chi connectivity index (χ2n) is 4.96. The van der Waals surface area contributed by atoms with Crippen molar-refractivity contribution in [1.82, 2.24) is 8.75 Å². The Labute approximate surface area is 121 Å². The van der Waals surface area contributed by atoms with E-state index in [4.69, 9.17) is 0 Å². The number of aromatic nitrogens is 2. The highest BCUT2D eigenvalue weighted by Crippen LogP contribution is 2.38. The highest BCUT2D eigenvalue weighted by Gasteiger charge is 2.22. The number of nitrogens with zero attached hydrogens (tertiary/aromatic N) is 3. The molecule has 0 bridgehead atoms. The van der Waals surface area contributed by atoms with Gasteiger partial charge < -0.3 is 4.90 Å². The number of anilines is 1. The van der Waals surface area contributed by atoms with E-state index in [0.29, 0.717) is 0 Å². The lowest BCUT2D eigenvalue weighted by Crippen LogP contribution is -2.25. The minimum Gasteiger partial charge on any atom is -0.363 e. The van der Waals surface area contributed by atoms with Gasteiger partial charge in [0.05, 0.1) is 17.8 Å². The fourth-order valence-electron chi connectivity index (χ4n) is 2.78. The first kappa shape index (κ1) is 11.6. The molecule has 4 rings (SSSR count). The summed E-state index contributed by atoms with van der Waals surface area (Å²) in [6, 6.07) is 15.0. The van der Waals surface area contributed by atoms with Crippen molar-refractivity contribution in [3.63, 3.8) is 0 Å². The normalized spacial score (nSPS) is 17.4. The molecule has 0 aliphatic carbocycles. The van der Waals surface area contributed by atoms with Crippen LogP contribution in [-0.2, 0) is 0 Å². The minimum atomic E-state index is 0.271. The first-order chi connectivity index (χ1) is 9.84. The SMILES string of the molecule is CN1c2ccc3nsnc3c2C=CC1c1ccccc1. The summed E-state index contributed by atoms with van der Waals surface area (Å²) in [6.45, 7) is 0. The molecule has 1 aliphatic rings. The average molecular weight is 279 g/mol. The Morgan fingerprint density at radius 3 is 2.75 bits per heavy atom. The third-order valence-electron chi connectivity index (χ3n) is 3.83. The number of likely N-dealkylation sites (N-methyl/N-ethyl adjacent to an activating group) is 1. The zero-order valence-electron chi connectivity index (χ0n) is 11.0. The zero-order valence-corrected chi connectivity index (χ0v) is 11.8. The maximum Gasteiger partial charge on any atom is 0.114 e. The van der Waals surface area contributed by atoms with Crippen LogP contribution < -0.4 is 4.90 Å². The largest absolute Gasteiger partial charge is 0.363 e. The van der Waals surface area contributed by atoms with Crippen molar-refractivity contribution >= 4 is 34.5 Å². The van der Waals surface area contributed by atoms with E-state index >= 15 is 0 Å². The monoisotopic (exact) mass is 279 g/mol. The maximum atomic E-state index is 4.42. The number of rotatable bonds is 1. The molecule has 20 heavy (non-hydrogen) atoms. The van der Waals surface area contributed by atoms with Gasteiger partial charge in [-0.05, 0) is 17.7 Å². The van der Waals surface area contributed by atoms with Crippen LogP contribution >= 0.6 is 11.7 Å². The number of benzene rings is 2. The fourth-order valence-corrected chi connectivity index (χ4v) is 3.33. The lowest BCUT2D eigenvalue weighted by atomic mass is 9.97. The zero-order chi connectivity index (χ0) is 13.5.